The molecule has 0 aromatic rings. The van der Waals surface area contributed by atoms with Gasteiger partial charge in [-0.25, -0.2) is 8.78 Å². The average Bonchev–Trinajstić information content (AvgIpc) is 2.72. The summed E-state index contributed by atoms with van der Waals surface area (Å²) in [7, 11) is 0. The fourth-order valence-corrected chi connectivity index (χ4v) is 2.46. The number of halogens is 5. The standard InChI is InChI=1S/C11H16F5N3O/c12-7-5-18(6-7)1-2-19(10(20)11(14,15)16)9-4-17-3-8(9)13/h7-9,17H,1-6H2/t8-,9+/m1/s1. The van der Waals surface area contributed by atoms with Crippen LogP contribution in [0.1, 0.15) is 0 Å². The van der Waals surface area contributed by atoms with Crippen LogP contribution in [0.3, 0.4) is 0 Å². The highest BCUT2D eigenvalue weighted by atomic mass is 19.4. The Kier molecular flexibility index (Phi) is 4.48. The molecule has 0 aromatic heterocycles. The van der Waals surface area contributed by atoms with E-state index in [1.165, 1.54) is 0 Å². The van der Waals surface area contributed by atoms with Crippen LogP contribution in [0, 0.1) is 0 Å². The molecular formula is C11H16F5N3O. The Labute approximate surface area is 112 Å². The van der Waals surface area contributed by atoms with Crippen molar-refractivity contribution in [3.63, 3.8) is 0 Å². The maximum atomic E-state index is 13.6. The lowest BCUT2D eigenvalue weighted by atomic mass is 10.1. The third-order valence-corrected chi connectivity index (χ3v) is 3.58. The fraction of sp³-hybridized carbons (Fsp3) is 0.909. The van der Waals surface area contributed by atoms with Crippen LogP contribution >= 0.6 is 0 Å². The van der Waals surface area contributed by atoms with Crippen molar-refractivity contribution >= 4 is 5.91 Å². The van der Waals surface area contributed by atoms with Crippen LogP contribution in [0.4, 0.5) is 22.0 Å². The minimum atomic E-state index is -5.03. The van der Waals surface area contributed by atoms with Gasteiger partial charge < -0.3 is 10.2 Å². The Morgan fingerprint density at radius 3 is 2.35 bits per heavy atom. The molecule has 1 N–H and O–H groups in total. The quantitative estimate of drug-likeness (QED) is 0.761. The van der Waals surface area contributed by atoms with Crippen molar-refractivity contribution in [3.05, 3.63) is 0 Å². The monoisotopic (exact) mass is 301 g/mol. The summed E-state index contributed by atoms with van der Waals surface area (Å²) >= 11 is 0. The maximum Gasteiger partial charge on any atom is 0.471 e. The van der Waals surface area contributed by atoms with Crippen molar-refractivity contribution in [2.75, 3.05) is 39.3 Å². The van der Waals surface area contributed by atoms with Gasteiger partial charge in [-0.15, -0.1) is 0 Å². The van der Waals surface area contributed by atoms with Gasteiger partial charge in [0.1, 0.15) is 12.3 Å². The van der Waals surface area contributed by atoms with Crippen LogP contribution in [-0.4, -0.2) is 79.5 Å². The largest absolute Gasteiger partial charge is 0.471 e. The van der Waals surface area contributed by atoms with Gasteiger partial charge in [0.05, 0.1) is 6.04 Å². The van der Waals surface area contributed by atoms with E-state index in [1.54, 1.807) is 4.90 Å². The van der Waals surface area contributed by atoms with Crippen molar-refractivity contribution in [3.8, 4) is 0 Å². The summed E-state index contributed by atoms with van der Waals surface area (Å²) in [6.45, 7) is 0.0899. The van der Waals surface area contributed by atoms with E-state index in [9.17, 15) is 26.7 Å². The first-order valence-electron chi connectivity index (χ1n) is 6.38. The molecule has 0 aromatic carbocycles. The molecule has 2 atom stereocenters. The van der Waals surface area contributed by atoms with Crippen LogP contribution in [0.5, 0.6) is 0 Å². The van der Waals surface area contributed by atoms with Gasteiger partial charge in [-0.1, -0.05) is 0 Å². The summed E-state index contributed by atoms with van der Waals surface area (Å²) in [6.07, 6.45) is -7.52. The zero-order valence-corrected chi connectivity index (χ0v) is 10.7. The number of amides is 1. The summed E-state index contributed by atoms with van der Waals surface area (Å²) in [5.41, 5.74) is 0. The third-order valence-electron chi connectivity index (χ3n) is 3.58. The molecule has 2 aliphatic heterocycles. The summed E-state index contributed by atoms with van der Waals surface area (Å²) in [4.78, 5) is 13.5. The SMILES string of the molecule is O=C(N(CCN1CC(F)C1)[C@H]1CNC[C@H]1F)C(F)(F)F. The number of rotatable bonds is 4. The zero-order chi connectivity index (χ0) is 14.9. The third kappa shape index (κ3) is 3.38. The summed E-state index contributed by atoms with van der Waals surface area (Å²) in [6, 6.07) is -1.12. The van der Waals surface area contributed by atoms with E-state index in [0.29, 0.717) is 4.90 Å². The second-order valence-electron chi connectivity index (χ2n) is 5.09. The Hall–Kier alpha value is -0.960. The van der Waals surface area contributed by atoms with Gasteiger partial charge in [-0.05, 0) is 0 Å². The smallest absolute Gasteiger partial charge is 0.326 e. The first-order valence-corrected chi connectivity index (χ1v) is 6.38. The molecule has 20 heavy (non-hydrogen) atoms. The minimum Gasteiger partial charge on any atom is -0.326 e. The number of nitrogens with one attached hydrogen (secondary N) is 1. The topological polar surface area (TPSA) is 35.6 Å². The van der Waals surface area contributed by atoms with Gasteiger partial charge >= 0.3 is 12.1 Å². The van der Waals surface area contributed by atoms with Crippen molar-refractivity contribution in [2.45, 2.75) is 24.6 Å². The van der Waals surface area contributed by atoms with E-state index in [-0.39, 0.29) is 39.3 Å². The van der Waals surface area contributed by atoms with Gasteiger partial charge in [0.15, 0.2) is 0 Å². The van der Waals surface area contributed by atoms with E-state index < -0.39 is 30.5 Å². The van der Waals surface area contributed by atoms with E-state index in [2.05, 4.69) is 5.32 Å². The maximum absolute atomic E-state index is 13.6. The second kappa shape index (κ2) is 5.80. The molecule has 0 aliphatic carbocycles. The van der Waals surface area contributed by atoms with Crippen molar-refractivity contribution in [1.82, 2.24) is 15.1 Å². The molecule has 0 radical (unpaired) electrons. The van der Waals surface area contributed by atoms with Crippen LogP contribution in [0.25, 0.3) is 0 Å². The molecule has 9 heteroatoms. The van der Waals surface area contributed by atoms with Crippen LogP contribution in [0.15, 0.2) is 0 Å². The molecular weight excluding hydrogens is 285 g/mol. The van der Waals surface area contributed by atoms with E-state index in [1.807, 2.05) is 0 Å². The number of carbonyl (C=O) groups is 1. The lowest BCUT2D eigenvalue weighted by molar-refractivity contribution is -0.188. The highest BCUT2D eigenvalue weighted by Gasteiger charge is 2.47. The molecule has 1 amide bonds. The minimum absolute atomic E-state index is 0.00524. The lowest BCUT2D eigenvalue weighted by Gasteiger charge is -2.37. The number of hydrogen-bond acceptors (Lipinski definition) is 3. The second-order valence-corrected chi connectivity index (χ2v) is 5.09. The molecule has 116 valence electrons. The van der Waals surface area contributed by atoms with Crippen molar-refractivity contribution in [2.24, 2.45) is 0 Å². The molecule has 2 heterocycles. The lowest BCUT2D eigenvalue weighted by Crippen LogP contribution is -2.56. The average molecular weight is 301 g/mol. The normalized spacial score (nSPS) is 28.4. The van der Waals surface area contributed by atoms with Crippen LogP contribution in [0.2, 0.25) is 0 Å². The Morgan fingerprint density at radius 2 is 1.90 bits per heavy atom. The molecule has 4 nitrogen and oxygen atoms in total. The predicted octanol–water partition coefficient (Wildman–Crippen LogP) is 0.341. The van der Waals surface area contributed by atoms with E-state index in [4.69, 9.17) is 0 Å². The van der Waals surface area contributed by atoms with Crippen molar-refractivity contribution in [1.29, 1.82) is 0 Å². The Bertz CT molecular complexity index is 358. The number of alkyl halides is 5. The van der Waals surface area contributed by atoms with Gasteiger partial charge in [0.25, 0.3) is 0 Å². The Morgan fingerprint density at radius 1 is 1.25 bits per heavy atom. The molecule has 0 spiro atoms. The number of hydrogen-bond donors (Lipinski definition) is 1. The predicted molar refractivity (Wildman–Crippen MR) is 60.7 cm³/mol. The highest BCUT2D eigenvalue weighted by molar-refractivity contribution is 5.82. The van der Waals surface area contributed by atoms with Gasteiger partial charge in [0, 0.05) is 39.3 Å². The van der Waals surface area contributed by atoms with Crippen LogP contribution < -0.4 is 5.32 Å². The first kappa shape index (κ1) is 15.4. The van der Waals surface area contributed by atoms with Gasteiger partial charge in [0.2, 0.25) is 0 Å². The summed E-state index contributed by atoms with van der Waals surface area (Å²) < 4.78 is 63.9. The van der Waals surface area contributed by atoms with E-state index in [0.717, 1.165) is 0 Å². The molecule has 0 saturated carbocycles. The highest BCUT2D eigenvalue weighted by Crippen LogP contribution is 2.23. The van der Waals surface area contributed by atoms with E-state index >= 15 is 0 Å². The Balaban J connectivity index is 1.98. The number of nitrogens with zero attached hydrogens (tertiary/aromatic N) is 2. The van der Waals surface area contributed by atoms with Gasteiger partial charge in [-0.2, -0.15) is 13.2 Å². The van der Waals surface area contributed by atoms with Gasteiger partial charge in [-0.3, -0.25) is 9.69 Å². The zero-order valence-electron chi connectivity index (χ0n) is 10.7. The van der Waals surface area contributed by atoms with Crippen LogP contribution in [-0.2, 0) is 4.79 Å². The molecule has 0 unspecified atom stereocenters. The fourth-order valence-electron chi connectivity index (χ4n) is 2.46. The number of carbonyl (C=O) groups excluding carboxylic acids is 1. The van der Waals surface area contributed by atoms with Crippen molar-refractivity contribution < 1.29 is 26.7 Å². The molecule has 2 fully saturated rings. The molecule has 2 rings (SSSR count). The molecule has 0 bridgehead atoms. The number of likely N-dealkylation sites (tertiary alicyclic amines) is 1. The summed E-state index contributed by atoms with van der Waals surface area (Å²) in [5.74, 6) is -2.04. The summed E-state index contributed by atoms with van der Waals surface area (Å²) in [5, 5.41) is 2.62. The molecule has 2 aliphatic rings. The molecule has 2 saturated heterocycles. The first-order chi connectivity index (χ1) is 9.29.